The average Bonchev–Trinajstić information content (AvgIpc) is 3.14. The number of aromatic nitrogens is 2. The standard InChI is InChI=1S/C20H25N3O3/c1-2-26-15-7-12-21-19(24)11-6-14-23-17-9-4-3-8-16(17)22-13-5-10-18(22)20(23)25/h3-5,8-10,13H,2,6-7,11-12,14-15H2,1H3,(H,21,24). The molecule has 26 heavy (non-hydrogen) atoms. The van der Waals surface area contributed by atoms with Crippen LogP contribution in [0.5, 0.6) is 0 Å². The van der Waals surface area contributed by atoms with Gasteiger partial charge in [0.1, 0.15) is 5.52 Å². The number of hydrogen-bond acceptors (Lipinski definition) is 3. The number of ether oxygens (including phenoxy) is 1. The molecule has 1 aromatic carbocycles. The molecule has 3 rings (SSSR count). The number of benzene rings is 1. The highest BCUT2D eigenvalue weighted by molar-refractivity contribution is 5.79. The molecule has 0 aliphatic rings. The molecule has 0 unspecified atom stereocenters. The Morgan fingerprint density at radius 2 is 1.85 bits per heavy atom. The fourth-order valence-electron chi connectivity index (χ4n) is 3.16. The Kier molecular flexibility index (Phi) is 6.07. The molecule has 0 bridgehead atoms. The van der Waals surface area contributed by atoms with Crippen LogP contribution < -0.4 is 10.9 Å². The van der Waals surface area contributed by atoms with E-state index in [0.29, 0.717) is 44.7 Å². The van der Waals surface area contributed by atoms with E-state index in [1.165, 1.54) is 0 Å². The monoisotopic (exact) mass is 355 g/mol. The Morgan fingerprint density at radius 1 is 1.08 bits per heavy atom. The van der Waals surface area contributed by atoms with Crippen molar-refractivity contribution < 1.29 is 9.53 Å². The average molecular weight is 355 g/mol. The number of nitrogens with zero attached hydrogens (tertiary/aromatic N) is 2. The van der Waals surface area contributed by atoms with Crippen LogP contribution in [0.1, 0.15) is 26.2 Å². The Morgan fingerprint density at radius 3 is 2.65 bits per heavy atom. The van der Waals surface area contributed by atoms with Gasteiger partial charge < -0.3 is 19.0 Å². The molecule has 0 radical (unpaired) electrons. The topological polar surface area (TPSA) is 64.7 Å². The molecule has 0 aliphatic carbocycles. The largest absolute Gasteiger partial charge is 0.382 e. The van der Waals surface area contributed by atoms with E-state index in [4.69, 9.17) is 4.74 Å². The Bertz CT molecular complexity index is 942. The van der Waals surface area contributed by atoms with Crippen molar-refractivity contribution in [2.24, 2.45) is 0 Å². The second-order valence-electron chi connectivity index (χ2n) is 6.21. The zero-order valence-electron chi connectivity index (χ0n) is 15.1. The summed E-state index contributed by atoms with van der Waals surface area (Å²) >= 11 is 0. The number of fused-ring (bicyclic) bond motifs is 3. The molecule has 0 saturated carbocycles. The van der Waals surface area contributed by atoms with E-state index in [1.807, 2.05) is 53.9 Å². The fraction of sp³-hybridized carbons (Fsp3) is 0.400. The van der Waals surface area contributed by atoms with E-state index in [9.17, 15) is 9.59 Å². The Labute approximate surface area is 152 Å². The van der Waals surface area contributed by atoms with Crippen LogP contribution in [-0.2, 0) is 16.1 Å². The molecule has 0 saturated heterocycles. The summed E-state index contributed by atoms with van der Waals surface area (Å²) in [6, 6.07) is 11.6. The molecule has 2 heterocycles. The Balaban J connectivity index is 1.64. The lowest BCUT2D eigenvalue weighted by atomic mass is 10.2. The summed E-state index contributed by atoms with van der Waals surface area (Å²) in [6.45, 7) is 4.46. The molecular formula is C20H25N3O3. The first kappa shape index (κ1) is 18.2. The van der Waals surface area contributed by atoms with Crippen molar-refractivity contribution in [1.82, 2.24) is 14.3 Å². The van der Waals surface area contributed by atoms with E-state index < -0.39 is 0 Å². The molecule has 0 fully saturated rings. The predicted molar refractivity (Wildman–Crippen MR) is 103 cm³/mol. The van der Waals surface area contributed by atoms with Crippen molar-refractivity contribution in [3.05, 3.63) is 52.9 Å². The minimum absolute atomic E-state index is 0.0163. The Hall–Kier alpha value is -2.60. The molecule has 2 aromatic heterocycles. The van der Waals surface area contributed by atoms with Crippen molar-refractivity contribution in [2.75, 3.05) is 19.8 Å². The summed E-state index contributed by atoms with van der Waals surface area (Å²) in [6.07, 6.45) is 3.74. The number of rotatable bonds is 9. The second-order valence-corrected chi connectivity index (χ2v) is 6.21. The van der Waals surface area contributed by atoms with Gasteiger partial charge in [-0.15, -0.1) is 0 Å². The van der Waals surface area contributed by atoms with Gasteiger partial charge in [-0.2, -0.15) is 0 Å². The first-order valence-electron chi connectivity index (χ1n) is 9.15. The second kappa shape index (κ2) is 8.67. The molecule has 3 aromatic rings. The van der Waals surface area contributed by atoms with E-state index in [-0.39, 0.29) is 11.5 Å². The molecule has 0 spiro atoms. The van der Waals surface area contributed by atoms with Crippen LogP contribution >= 0.6 is 0 Å². The van der Waals surface area contributed by atoms with Crippen molar-refractivity contribution >= 4 is 22.5 Å². The lowest BCUT2D eigenvalue weighted by molar-refractivity contribution is -0.121. The number of carbonyl (C=O) groups is 1. The molecule has 6 heteroatoms. The summed E-state index contributed by atoms with van der Waals surface area (Å²) in [5, 5.41) is 2.89. The van der Waals surface area contributed by atoms with E-state index in [2.05, 4.69) is 5.32 Å². The number of para-hydroxylation sites is 2. The van der Waals surface area contributed by atoms with Crippen LogP contribution in [0.4, 0.5) is 0 Å². The van der Waals surface area contributed by atoms with E-state index in [1.54, 1.807) is 4.57 Å². The van der Waals surface area contributed by atoms with Gasteiger partial charge in [0.2, 0.25) is 5.91 Å². The fourth-order valence-corrected chi connectivity index (χ4v) is 3.16. The minimum Gasteiger partial charge on any atom is -0.382 e. The van der Waals surface area contributed by atoms with Crippen LogP contribution in [0, 0.1) is 0 Å². The van der Waals surface area contributed by atoms with E-state index in [0.717, 1.165) is 17.5 Å². The zero-order chi connectivity index (χ0) is 18.4. The van der Waals surface area contributed by atoms with Gasteiger partial charge in [-0.3, -0.25) is 9.59 Å². The minimum atomic E-state index is -0.0224. The van der Waals surface area contributed by atoms with E-state index >= 15 is 0 Å². The third-order valence-electron chi connectivity index (χ3n) is 4.42. The molecule has 1 N–H and O–H groups in total. The van der Waals surface area contributed by atoms with Gasteiger partial charge in [-0.1, -0.05) is 12.1 Å². The van der Waals surface area contributed by atoms with Crippen molar-refractivity contribution in [3.8, 4) is 0 Å². The van der Waals surface area contributed by atoms with Gasteiger partial charge in [0.25, 0.3) is 5.56 Å². The first-order chi connectivity index (χ1) is 12.7. The summed E-state index contributed by atoms with van der Waals surface area (Å²) < 4.78 is 8.93. The number of nitrogens with one attached hydrogen (secondary N) is 1. The first-order valence-corrected chi connectivity index (χ1v) is 9.15. The van der Waals surface area contributed by atoms with Crippen LogP contribution in [0.25, 0.3) is 16.6 Å². The highest BCUT2D eigenvalue weighted by Crippen LogP contribution is 2.15. The molecule has 6 nitrogen and oxygen atoms in total. The smallest absolute Gasteiger partial charge is 0.275 e. The summed E-state index contributed by atoms with van der Waals surface area (Å²) in [7, 11) is 0. The van der Waals surface area contributed by atoms with Crippen LogP contribution in [0.15, 0.2) is 47.4 Å². The SMILES string of the molecule is CCOCCCNC(=O)CCCn1c(=O)c2cccn2c2ccccc21. The third kappa shape index (κ3) is 3.96. The zero-order valence-corrected chi connectivity index (χ0v) is 15.1. The highest BCUT2D eigenvalue weighted by Gasteiger charge is 2.10. The molecule has 0 aliphatic heterocycles. The maximum absolute atomic E-state index is 12.8. The molecule has 138 valence electrons. The van der Waals surface area contributed by atoms with Gasteiger partial charge in [0, 0.05) is 38.9 Å². The van der Waals surface area contributed by atoms with Gasteiger partial charge in [-0.25, -0.2) is 0 Å². The van der Waals surface area contributed by atoms with Gasteiger partial charge >= 0.3 is 0 Å². The van der Waals surface area contributed by atoms with Crippen molar-refractivity contribution in [1.29, 1.82) is 0 Å². The lowest BCUT2D eigenvalue weighted by Gasteiger charge is -2.12. The van der Waals surface area contributed by atoms with Crippen LogP contribution in [-0.4, -0.2) is 34.6 Å². The third-order valence-corrected chi connectivity index (χ3v) is 4.42. The van der Waals surface area contributed by atoms with Crippen LogP contribution in [0.3, 0.4) is 0 Å². The summed E-state index contributed by atoms with van der Waals surface area (Å²) in [5.74, 6) is 0.0163. The lowest BCUT2D eigenvalue weighted by Crippen LogP contribution is -2.27. The van der Waals surface area contributed by atoms with Crippen molar-refractivity contribution in [3.63, 3.8) is 0 Å². The number of amides is 1. The van der Waals surface area contributed by atoms with Crippen LogP contribution in [0.2, 0.25) is 0 Å². The van der Waals surface area contributed by atoms with Gasteiger partial charge in [0.15, 0.2) is 0 Å². The summed E-state index contributed by atoms with van der Waals surface area (Å²) in [4.78, 5) is 24.7. The number of aryl methyl sites for hydroxylation is 1. The number of carbonyl (C=O) groups excluding carboxylic acids is 1. The molecular weight excluding hydrogens is 330 g/mol. The van der Waals surface area contributed by atoms with Gasteiger partial charge in [0.05, 0.1) is 11.0 Å². The maximum Gasteiger partial charge on any atom is 0.275 e. The highest BCUT2D eigenvalue weighted by atomic mass is 16.5. The molecule has 1 amide bonds. The maximum atomic E-state index is 12.8. The van der Waals surface area contributed by atoms with Crippen molar-refractivity contribution in [2.45, 2.75) is 32.7 Å². The number of hydrogen-bond donors (Lipinski definition) is 1. The van der Waals surface area contributed by atoms with Gasteiger partial charge in [-0.05, 0) is 44.0 Å². The quantitative estimate of drug-likeness (QED) is 0.600. The molecule has 0 atom stereocenters. The predicted octanol–water partition coefficient (Wildman–Crippen LogP) is 2.58. The normalized spacial score (nSPS) is 11.3. The summed E-state index contributed by atoms with van der Waals surface area (Å²) in [5.41, 5.74) is 2.51.